The van der Waals surface area contributed by atoms with Crippen LogP contribution in [0, 0.1) is 0 Å². The molecular weight excluding hydrogens is 224 g/mol. The minimum Gasteiger partial charge on any atom is -0.466 e. The number of ether oxygens (including phenoxy) is 1. The van der Waals surface area contributed by atoms with Crippen molar-refractivity contribution < 1.29 is 14.3 Å². The molecule has 0 aromatic rings. The Bertz CT molecular complexity index is 452. The summed E-state index contributed by atoms with van der Waals surface area (Å²) in [5, 5.41) is 3.61. The maximum Gasteiger partial charge on any atom is 0.333 e. The van der Waals surface area contributed by atoms with Crippen molar-refractivity contribution in [2.75, 3.05) is 7.11 Å². The lowest BCUT2D eigenvalue weighted by Crippen LogP contribution is -2.22. The van der Waals surface area contributed by atoms with E-state index in [2.05, 4.69) is 14.8 Å². The number of amides is 1. The van der Waals surface area contributed by atoms with Crippen LogP contribution in [-0.4, -0.2) is 42.0 Å². The van der Waals surface area contributed by atoms with Crippen molar-refractivity contribution in [1.82, 2.24) is 4.90 Å². The number of fused-ring (bicyclic) bond motifs is 1. The number of rotatable bonds is 2. The van der Waals surface area contributed by atoms with Crippen LogP contribution in [0.5, 0.6) is 0 Å². The van der Waals surface area contributed by atoms with Crippen LogP contribution < -0.4 is 0 Å². The Kier molecular flexibility index (Phi) is 2.77. The Morgan fingerprint density at radius 3 is 2.88 bits per heavy atom. The number of esters is 1. The number of nitrogens with zero attached hydrogens (tertiary/aromatic N) is 4. The highest BCUT2D eigenvalue weighted by Crippen LogP contribution is 2.41. The zero-order valence-electron chi connectivity index (χ0n) is 9.53. The molecule has 3 atom stereocenters. The lowest BCUT2D eigenvalue weighted by atomic mass is 9.96. The topological polar surface area (TPSA) is 95.1 Å². The third-order valence-corrected chi connectivity index (χ3v) is 3.13. The van der Waals surface area contributed by atoms with Gasteiger partial charge < -0.3 is 9.64 Å². The van der Waals surface area contributed by atoms with Crippen molar-refractivity contribution >= 4 is 11.9 Å². The fourth-order valence-electron chi connectivity index (χ4n) is 2.40. The predicted octanol–water partition coefficient (Wildman–Crippen LogP) is 0.768. The third kappa shape index (κ3) is 1.85. The molecule has 1 fully saturated rings. The Morgan fingerprint density at radius 2 is 2.35 bits per heavy atom. The summed E-state index contributed by atoms with van der Waals surface area (Å²) >= 11 is 0. The fourth-order valence-corrected chi connectivity index (χ4v) is 2.40. The van der Waals surface area contributed by atoms with E-state index in [1.54, 1.807) is 11.0 Å². The van der Waals surface area contributed by atoms with E-state index < -0.39 is 12.0 Å². The van der Waals surface area contributed by atoms with Crippen molar-refractivity contribution in [3.63, 3.8) is 0 Å². The van der Waals surface area contributed by atoms with Gasteiger partial charge in [-0.25, -0.2) is 4.79 Å². The van der Waals surface area contributed by atoms with Crippen LogP contribution >= 0.6 is 0 Å². The summed E-state index contributed by atoms with van der Waals surface area (Å²) in [5.74, 6) is -0.505. The Hall–Kier alpha value is -2.01. The van der Waals surface area contributed by atoms with Crippen LogP contribution in [0.3, 0.4) is 0 Å². The number of carbonyl (C=O) groups excluding carboxylic acids is 2. The average molecular weight is 236 g/mol. The molecule has 1 amide bonds. The molecule has 7 nitrogen and oxygen atoms in total. The van der Waals surface area contributed by atoms with Gasteiger partial charge in [-0.1, -0.05) is 11.2 Å². The standard InChI is InChI=1S/C10H12N4O3/c1-5(15)14-8-4-6(10(16)17-2)3-7(9(8)14)12-13-11/h3,7-9H,4H2,1-2H3/t7-,8-,9+,14?/m0/s1. The highest BCUT2D eigenvalue weighted by Gasteiger charge is 2.55. The molecule has 0 spiro atoms. The highest BCUT2D eigenvalue weighted by atomic mass is 16.5. The van der Waals surface area contributed by atoms with Gasteiger partial charge in [-0.15, -0.1) is 0 Å². The van der Waals surface area contributed by atoms with Gasteiger partial charge in [-0.3, -0.25) is 4.79 Å². The lowest BCUT2D eigenvalue weighted by molar-refractivity contribution is -0.136. The average Bonchev–Trinajstić information content (AvgIpc) is 3.02. The number of azide groups is 1. The molecule has 1 saturated heterocycles. The van der Waals surface area contributed by atoms with Gasteiger partial charge in [0.1, 0.15) is 0 Å². The Balaban J connectivity index is 2.24. The molecule has 7 heteroatoms. The molecule has 2 rings (SSSR count). The number of hydrogen-bond acceptors (Lipinski definition) is 4. The Labute approximate surface area is 97.7 Å². The molecule has 2 aliphatic rings. The molecule has 90 valence electrons. The molecule has 0 aromatic carbocycles. The van der Waals surface area contributed by atoms with Crippen LogP contribution in [0.25, 0.3) is 10.4 Å². The quantitative estimate of drug-likeness (QED) is 0.233. The normalized spacial score (nSPS) is 29.6. The monoisotopic (exact) mass is 236 g/mol. The molecule has 1 heterocycles. The predicted molar refractivity (Wildman–Crippen MR) is 57.7 cm³/mol. The fraction of sp³-hybridized carbons (Fsp3) is 0.600. The van der Waals surface area contributed by atoms with E-state index in [4.69, 9.17) is 5.53 Å². The number of methoxy groups -OCH3 is 1. The zero-order chi connectivity index (χ0) is 12.6. The van der Waals surface area contributed by atoms with Crippen molar-refractivity contribution in [3.8, 4) is 0 Å². The van der Waals surface area contributed by atoms with Crippen LogP contribution in [-0.2, 0) is 14.3 Å². The van der Waals surface area contributed by atoms with Gasteiger partial charge in [0.25, 0.3) is 0 Å². The Morgan fingerprint density at radius 1 is 1.65 bits per heavy atom. The van der Waals surface area contributed by atoms with E-state index in [1.807, 2.05) is 0 Å². The first-order valence-corrected chi connectivity index (χ1v) is 5.22. The summed E-state index contributed by atoms with van der Waals surface area (Å²) in [6, 6.07) is -0.615. The third-order valence-electron chi connectivity index (χ3n) is 3.13. The minimum atomic E-state index is -0.475. The summed E-state index contributed by atoms with van der Waals surface area (Å²) in [6.45, 7) is 1.46. The molecule has 1 aliphatic heterocycles. The van der Waals surface area contributed by atoms with E-state index in [0.717, 1.165) is 0 Å². The van der Waals surface area contributed by atoms with E-state index in [1.165, 1.54) is 14.0 Å². The summed E-state index contributed by atoms with van der Waals surface area (Å²) in [6.07, 6.45) is 2.06. The summed E-state index contributed by atoms with van der Waals surface area (Å²) < 4.78 is 4.63. The first-order chi connectivity index (χ1) is 8.10. The summed E-state index contributed by atoms with van der Waals surface area (Å²) in [4.78, 5) is 27.1. The number of carbonyl (C=O) groups is 2. The van der Waals surface area contributed by atoms with Crippen LogP contribution in [0.1, 0.15) is 13.3 Å². The molecule has 0 saturated carbocycles. The molecule has 0 bridgehead atoms. The van der Waals surface area contributed by atoms with Crippen molar-refractivity contribution in [2.45, 2.75) is 31.5 Å². The van der Waals surface area contributed by atoms with Crippen LogP contribution in [0.15, 0.2) is 16.8 Å². The molecule has 1 aliphatic carbocycles. The minimum absolute atomic E-state index is 0.0397. The first kappa shape index (κ1) is 11.5. The molecule has 0 aromatic heterocycles. The summed E-state index contributed by atoms with van der Waals surface area (Å²) in [7, 11) is 1.30. The zero-order valence-corrected chi connectivity index (χ0v) is 9.53. The van der Waals surface area contributed by atoms with E-state index >= 15 is 0 Å². The summed E-state index contributed by atoms with van der Waals surface area (Å²) in [5.41, 5.74) is 8.94. The molecule has 0 unspecified atom stereocenters. The largest absolute Gasteiger partial charge is 0.466 e. The highest BCUT2D eigenvalue weighted by molar-refractivity contribution is 5.90. The van der Waals surface area contributed by atoms with Gasteiger partial charge in [-0.2, -0.15) is 0 Å². The van der Waals surface area contributed by atoms with Crippen LogP contribution in [0.4, 0.5) is 0 Å². The molecular formula is C10H12N4O3. The smallest absolute Gasteiger partial charge is 0.333 e. The van der Waals surface area contributed by atoms with E-state index in [0.29, 0.717) is 12.0 Å². The second-order valence-electron chi connectivity index (χ2n) is 4.07. The van der Waals surface area contributed by atoms with Crippen LogP contribution in [0.2, 0.25) is 0 Å². The molecule has 0 radical (unpaired) electrons. The van der Waals surface area contributed by atoms with Gasteiger partial charge in [-0.05, 0) is 5.53 Å². The maximum absolute atomic E-state index is 11.4. The maximum atomic E-state index is 11.4. The lowest BCUT2D eigenvalue weighted by Gasteiger charge is -2.12. The van der Waals surface area contributed by atoms with Crippen molar-refractivity contribution in [1.29, 1.82) is 0 Å². The SMILES string of the molecule is COC(=O)C1=C[C@H](N=[N+]=[N-])[C@@H]2[C@H](C1)N2C(C)=O. The van der Waals surface area contributed by atoms with Crippen molar-refractivity contribution in [3.05, 3.63) is 22.1 Å². The van der Waals surface area contributed by atoms with Crippen molar-refractivity contribution in [2.24, 2.45) is 5.11 Å². The van der Waals surface area contributed by atoms with E-state index in [9.17, 15) is 9.59 Å². The van der Waals surface area contributed by atoms with Gasteiger partial charge >= 0.3 is 5.97 Å². The van der Waals surface area contributed by atoms with Gasteiger partial charge in [0.15, 0.2) is 0 Å². The number of hydrogen-bond donors (Lipinski definition) is 0. The van der Waals surface area contributed by atoms with E-state index in [-0.39, 0.29) is 18.0 Å². The molecule has 17 heavy (non-hydrogen) atoms. The molecule has 0 N–H and O–H groups in total. The first-order valence-electron chi connectivity index (χ1n) is 5.22. The van der Waals surface area contributed by atoms with Gasteiger partial charge in [0.2, 0.25) is 5.91 Å². The second-order valence-corrected chi connectivity index (χ2v) is 4.07. The van der Waals surface area contributed by atoms with Gasteiger partial charge in [0.05, 0.1) is 25.2 Å². The second kappa shape index (κ2) is 4.10. The van der Waals surface area contributed by atoms with Gasteiger partial charge in [0, 0.05) is 23.8 Å².